The summed E-state index contributed by atoms with van der Waals surface area (Å²) in [7, 11) is 0. The normalized spacial score (nSPS) is 14.7. The molecule has 28 valence electrons. The zero-order valence-corrected chi connectivity index (χ0v) is 3.72. The zero-order chi connectivity index (χ0) is 3.54. The summed E-state index contributed by atoms with van der Waals surface area (Å²) in [6.07, 6.45) is 3.21. The molecule has 0 aromatic carbocycles. The van der Waals surface area contributed by atoms with E-state index in [-0.39, 0.29) is 18.9 Å². The maximum Gasteiger partial charge on any atom is 1.00 e. The predicted molar refractivity (Wildman–Crippen MR) is 18.5 cm³/mol. The van der Waals surface area contributed by atoms with E-state index in [2.05, 4.69) is 10.1 Å². The second-order valence-electron chi connectivity index (χ2n) is 0.763. The second-order valence-corrected chi connectivity index (χ2v) is 0.763. The fraction of sp³-hybridized carbons (Fsp3) is 0.333. The van der Waals surface area contributed by atoms with Gasteiger partial charge in [-0.2, -0.15) is 0 Å². The Morgan fingerprint density at radius 2 is 2.50 bits per heavy atom. The van der Waals surface area contributed by atoms with Crippen molar-refractivity contribution in [1.29, 1.82) is 0 Å². The Kier molecular flexibility index (Phi) is 3.11. The van der Waals surface area contributed by atoms with Crippen LogP contribution in [-0.2, 0) is 4.74 Å². The molecule has 1 rings (SSSR count). The van der Waals surface area contributed by atoms with Crippen molar-refractivity contribution in [1.82, 2.24) is 0 Å². The summed E-state index contributed by atoms with van der Waals surface area (Å²) in [6.45, 7) is 0.514. The molecule has 0 N–H and O–H groups in total. The second kappa shape index (κ2) is 3.14. The van der Waals surface area contributed by atoms with Gasteiger partial charge in [-0.15, -0.1) is 6.20 Å². The summed E-state index contributed by atoms with van der Waals surface area (Å²) in [5.41, 5.74) is 0. The first kappa shape index (κ1) is 5.94. The molecular formula is C3H4LiNO. The van der Waals surface area contributed by atoms with Gasteiger partial charge in [-0.05, 0) is 0 Å². The van der Waals surface area contributed by atoms with E-state index in [4.69, 9.17) is 0 Å². The van der Waals surface area contributed by atoms with E-state index >= 15 is 0 Å². The molecule has 0 unspecified atom stereocenters. The van der Waals surface area contributed by atoms with Crippen LogP contribution in [0.15, 0.2) is 12.5 Å². The Morgan fingerprint density at radius 3 is 2.67 bits per heavy atom. The van der Waals surface area contributed by atoms with Crippen LogP contribution in [-0.4, -0.2) is 6.73 Å². The van der Waals surface area contributed by atoms with Gasteiger partial charge < -0.3 is 10.1 Å². The molecule has 1 aliphatic rings. The number of rotatable bonds is 0. The van der Waals surface area contributed by atoms with Crippen molar-refractivity contribution >= 4 is 0 Å². The molecule has 0 aromatic heterocycles. The van der Waals surface area contributed by atoms with Crippen LogP contribution in [0.4, 0.5) is 0 Å². The van der Waals surface area contributed by atoms with Crippen molar-refractivity contribution in [2.75, 3.05) is 6.73 Å². The van der Waals surface area contributed by atoms with Crippen LogP contribution in [0, 0.1) is 0 Å². The molecule has 0 spiro atoms. The van der Waals surface area contributed by atoms with Gasteiger partial charge in [-0.25, -0.2) is 0 Å². The van der Waals surface area contributed by atoms with E-state index in [0.717, 1.165) is 0 Å². The molecule has 0 fully saturated rings. The largest absolute Gasteiger partial charge is 1.00 e. The third kappa shape index (κ3) is 1.39. The van der Waals surface area contributed by atoms with Crippen molar-refractivity contribution in [3.63, 3.8) is 0 Å². The smallest absolute Gasteiger partial charge is 0.656 e. The number of ether oxygens (including phenoxy) is 1. The van der Waals surface area contributed by atoms with Crippen molar-refractivity contribution in [3.05, 3.63) is 17.8 Å². The maximum absolute atomic E-state index is 4.60. The zero-order valence-electron chi connectivity index (χ0n) is 3.72. The summed E-state index contributed by atoms with van der Waals surface area (Å²) in [4.78, 5) is 0. The fourth-order valence-corrected chi connectivity index (χ4v) is 0.215. The van der Waals surface area contributed by atoms with E-state index < -0.39 is 0 Å². The molecule has 0 bridgehead atoms. The summed E-state index contributed by atoms with van der Waals surface area (Å²) in [5, 5.41) is 3.68. The third-order valence-corrected chi connectivity index (χ3v) is 0.412. The maximum atomic E-state index is 4.60. The topological polar surface area (TPSA) is 23.3 Å². The Bertz CT molecular complexity index is 48.8. The average molecular weight is 77.0 g/mol. The quantitative estimate of drug-likeness (QED) is 0.301. The molecule has 0 atom stereocenters. The molecule has 6 heavy (non-hydrogen) atoms. The molecule has 1 aliphatic heterocycles. The van der Waals surface area contributed by atoms with Crippen LogP contribution < -0.4 is 18.9 Å². The van der Waals surface area contributed by atoms with Gasteiger partial charge in [-0.3, -0.25) is 0 Å². The Labute approximate surface area is 48.7 Å². The van der Waals surface area contributed by atoms with Gasteiger partial charge in [0.15, 0.2) is 0 Å². The predicted octanol–water partition coefficient (Wildman–Crippen LogP) is -2.18. The molecule has 0 amide bonds. The monoisotopic (exact) mass is 77.0 g/mol. The van der Waals surface area contributed by atoms with Gasteiger partial charge in [0, 0.05) is 6.73 Å². The van der Waals surface area contributed by atoms with E-state index in [9.17, 15) is 0 Å². The number of nitrogens with zero attached hydrogens (tertiary/aromatic N) is 1. The van der Waals surface area contributed by atoms with Crippen molar-refractivity contribution < 1.29 is 23.6 Å². The van der Waals surface area contributed by atoms with E-state index in [1.54, 1.807) is 12.5 Å². The minimum Gasteiger partial charge on any atom is -0.656 e. The molecule has 0 saturated heterocycles. The Hall–Kier alpha value is -0.0626. The number of hydrogen-bond acceptors (Lipinski definition) is 1. The van der Waals surface area contributed by atoms with Gasteiger partial charge in [0.05, 0.1) is 6.26 Å². The van der Waals surface area contributed by atoms with E-state index in [1.807, 2.05) is 0 Å². The summed E-state index contributed by atoms with van der Waals surface area (Å²) < 4.78 is 4.60. The first-order valence-electron chi connectivity index (χ1n) is 1.43. The molecule has 1 heterocycles. The van der Waals surface area contributed by atoms with E-state index in [0.29, 0.717) is 6.73 Å². The van der Waals surface area contributed by atoms with Crippen molar-refractivity contribution in [2.45, 2.75) is 0 Å². The minimum absolute atomic E-state index is 0. The molecule has 3 heteroatoms. The minimum atomic E-state index is 0. The van der Waals surface area contributed by atoms with Crippen LogP contribution in [0.25, 0.3) is 5.32 Å². The van der Waals surface area contributed by atoms with Crippen LogP contribution in [0.3, 0.4) is 0 Å². The molecule has 0 aromatic rings. The molecule has 2 nitrogen and oxygen atoms in total. The van der Waals surface area contributed by atoms with Crippen molar-refractivity contribution in [3.8, 4) is 0 Å². The first-order chi connectivity index (χ1) is 2.50. The SMILES string of the molecule is C1=COC[N-]1.[Li+]. The van der Waals surface area contributed by atoms with Gasteiger partial charge in [-0.1, -0.05) is 0 Å². The Balaban J connectivity index is 0.000000250. The average Bonchev–Trinajstić information content (AvgIpc) is 1.76. The summed E-state index contributed by atoms with van der Waals surface area (Å²) in [5.74, 6) is 0. The van der Waals surface area contributed by atoms with Crippen LogP contribution in [0.2, 0.25) is 0 Å². The standard InChI is InChI=1S/C3H4NO.Li/c1-2-5-3-4-1;/h1-2H,3H2;/q-1;+1. The van der Waals surface area contributed by atoms with E-state index in [1.165, 1.54) is 0 Å². The first-order valence-corrected chi connectivity index (χ1v) is 1.43. The van der Waals surface area contributed by atoms with Crippen LogP contribution in [0.1, 0.15) is 0 Å². The number of hydrogen-bond donors (Lipinski definition) is 0. The van der Waals surface area contributed by atoms with Gasteiger partial charge in [0.2, 0.25) is 0 Å². The molecule has 0 radical (unpaired) electrons. The van der Waals surface area contributed by atoms with Gasteiger partial charge >= 0.3 is 18.9 Å². The molecular weight excluding hydrogens is 73.0 g/mol. The summed E-state index contributed by atoms with van der Waals surface area (Å²) >= 11 is 0. The van der Waals surface area contributed by atoms with Crippen molar-refractivity contribution in [2.24, 2.45) is 0 Å². The molecule has 0 saturated carbocycles. The molecule has 0 aliphatic carbocycles. The van der Waals surface area contributed by atoms with Crippen LogP contribution in [0.5, 0.6) is 0 Å². The Morgan fingerprint density at radius 1 is 1.67 bits per heavy atom. The van der Waals surface area contributed by atoms with Gasteiger partial charge in [0.1, 0.15) is 0 Å². The third-order valence-electron chi connectivity index (χ3n) is 0.412. The van der Waals surface area contributed by atoms with Gasteiger partial charge in [0.25, 0.3) is 0 Å². The fourth-order valence-electron chi connectivity index (χ4n) is 0.215. The summed E-state index contributed by atoms with van der Waals surface area (Å²) in [6, 6.07) is 0. The van der Waals surface area contributed by atoms with Crippen LogP contribution >= 0.6 is 0 Å².